The van der Waals surface area contributed by atoms with Crippen LogP contribution in [0.4, 0.5) is 4.79 Å². The SMILES string of the molecule is CC(C)(C)OC(=O)N1CCC[C@H]1c1ccccc1C1CC1.S. The van der Waals surface area contributed by atoms with Crippen molar-refractivity contribution in [2.75, 3.05) is 6.54 Å². The van der Waals surface area contributed by atoms with Crippen LogP contribution in [0.3, 0.4) is 0 Å². The van der Waals surface area contributed by atoms with Crippen LogP contribution in [0.5, 0.6) is 0 Å². The van der Waals surface area contributed by atoms with Gasteiger partial charge in [0, 0.05) is 6.54 Å². The molecule has 1 amide bonds. The Bertz CT molecular complexity index is 534. The van der Waals surface area contributed by atoms with Crippen LogP contribution in [0.1, 0.15) is 69.5 Å². The predicted octanol–water partition coefficient (Wildman–Crippen LogP) is 4.75. The fourth-order valence-electron chi connectivity index (χ4n) is 3.21. The number of amides is 1. The van der Waals surface area contributed by atoms with E-state index in [-0.39, 0.29) is 25.6 Å². The summed E-state index contributed by atoms with van der Waals surface area (Å²) in [5.74, 6) is 0.710. The van der Waals surface area contributed by atoms with Gasteiger partial charge in [-0.2, -0.15) is 13.5 Å². The van der Waals surface area contributed by atoms with Gasteiger partial charge in [0.1, 0.15) is 5.60 Å². The molecule has 1 saturated heterocycles. The average molecular weight is 321 g/mol. The zero-order chi connectivity index (χ0) is 15.0. The summed E-state index contributed by atoms with van der Waals surface area (Å²) in [6.07, 6.45) is 4.51. The van der Waals surface area contributed by atoms with E-state index in [0.29, 0.717) is 5.92 Å². The highest BCUT2D eigenvalue weighted by Crippen LogP contribution is 2.45. The van der Waals surface area contributed by atoms with Crippen molar-refractivity contribution in [3.8, 4) is 0 Å². The number of ether oxygens (including phenoxy) is 1. The largest absolute Gasteiger partial charge is 0.444 e. The van der Waals surface area contributed by atoms with Crippen LogP contribution < -0.4 is 0 Å². The standard InChI is InChI=1S/C18H25NO2.H2S/c1-18(2,3)21-17(20)19-12-6-9-16(19)15-8-5-4-7-14(15)13-10-11-13;/h4-5,7-8,13,16H,6,9-12H2,1-3H3;1H2/t16-;/m0./s1. The first-order valence-electron chi connectivity index (χ1n) is 8.04. The zero-order valence-corrected chi connectivity index (χ0v) is 14.8. The third-order valence-electron chi connectivity index (χ3n) is 4.25. The Labute approximate surface area is 140 Å². The van der Waals surface area contributed by atoms with Crippen LogP contribution in [0.25, 0.3) is 0 Å². The summed E-state index contributed by atoms with van der Waals surface area (Å²) in [6, 6.07) is 8.83. The van der Waals surface area contributed by atoms with Crippen molar-refractivity contribution < 1.29 is 9.53 Å². The highest BCUT2D eigenvalue weighted by molar-refractivity contribution is 7.59. The normalized spacial score (nSPS) is 21.4. The Balaban J connectivity index is 0.00000176. The van der Waals surface area contributed by atoms with Gasteiger partial charge < -0.3 is 9.64 Å². The predicted molar refractivity (Wildman–Crippen MR) is 93.7 cm³/mol. The number of rotatable bonds is 2. The molecule has 0 radical (unpaired) electrons. The lowest BCUT2D eigenvalue weighted by atomic mass is 9.96. The van der Waals surface area contributed by atoms with Gasteiger partial charge in [-0.15, -0.1) is 0 Å². The van der Waals surface area contributed by atoms with Crippen molar-refractivity contribution in [3.63, 3.8) is 0 Å². The van der Waals surface area contributed by atoms with Crippen LogP contribution in [0, 0.1) is 0 Å². The molecule has 0 bridgehead atoms. The van der Waals surface area contributed by atoms with Crippen LogP contribution in [-0.4, -0.2) is 23.1 Å². The zero-order valence-electron chi connectivity index (χ0n) is 13.8. The minimum Gasteiger partial charge on any atom is -0.444 e. The van der Waals surface area contributed by atoms with E-state index in [1.807, 2.05) is 25.7 Å². The quantitative estimate of drug-likeness (QED) is 0.787. The molecule has 22 heavy (non-hydrogen) atoms. The van der Waals surface area contributed by atoms with Crippen molar-refractivity contribution in [3.05, 3.63) is 35.4 Å². The third-order valence-corrected chi connectivity index (χ3v) is 4.25. The summed E-state index contributed by atoms with van der Waals surface area (Å²) in [6.45, 7) is 6.58. The van der Waals surface area contributed by atoms with Gasteiger partial charge >= 0.3 is 6.09 Å². The van der Waals surface area contributed by atoms with E-state index in [1.54, 1.807) is 0 Å². The molecule has 1 saturated carbocycles. The Kier molecular flexibility index (Phi) is 5.10. The second-order valence-electron chi connectivity index (χ2n) is 7.23. The molecule has 122 valence electrons. The van der Waals surface area contributed by atoms with Gasteiger partial charge in [-0.05, 0) is 63.5 Å². The number of nitrogens with zero attached hydrogens (tertiary/aromatic N) is 1. The molecule has 1 heterocycles. The molecule has 0 unspecified atom stereocenters. The van der Waals surface area contributed by atoms with Gasteiger partial charge in [0.25, 0.3) is 0 Å². The van der Waals surface area contributed by atoms with Crippen molar-refractivity contribution >= 4 is 19.6 Å². The number of benzene rings is 1. The van der Waals surface area contributed by atoms with E-state index < -0.39 is 5.60 Å². The summed E-state index contributed by atoms with van der Waals surface area (Å²) < 4.78 is 5.58. The lowest BCUT2D eigenvalue weighted by molar-refractivity contribution is 0.0224. The van der Waals surface area contributed by atoms with Crippen molar-refractivity contribution in [2.45, 2.75) is 64.0 Å². The molecule has 1 aromatic carbocycles. The van der Waals surface area contributed by atoms with Crippen LogP contribution in [0.15, 0.2) is 24.3 Å². The Hall–Kier alpha value is -1.16. The second kappa shape index (κ2) is 6.53. The van der Waals surface area contributed by atoms with Gasteiger partial charge in [-0.3, -0.25) is 0 Å². The molecule has 2 aliphatic rings. The number of carbonyl (C=O) groups is 1. The summed E-state index contributed by atoms with van der Waals surface area (Å²) in [5, 5.41) is 0. The second-order valence-corrected chi connectivity index (χ2v) is 7.23. The summed E-state index contributed by atoms with van der Waals surface area (Å²) in [4.78, 5) is 14.4. The molecule has 1 aliphatic carbocycles. The Morgan fingerprint density at radius 3 is 2.36 bits per heavy atom. The highest BCUT2D eigenvalue weighted by atomic mass is 32.1. The van der Waals surface area contributed by atoms with Gasteiger partial charge in [0.05, 0.1) is 6.04 Å². The maximum absolute atomic E-state index is 12.4. The molecule has 3 nitrogen and oxygen atoms in total. The van der Waals surface area contributed by atoms with Gasteiger partial charge in [-0.25, -0.2) is 4.79 Å². The fourth-order valence-corrected chi connectivity index (χ4v) is 3.21. The molecule has 1 atom stereocenters. The monoisotopic (exact) mass is 321 g/mol. The molecule has 0 spiro atoms. The van der Waals surface area contributed by atoms with E-state index in [4.69, 9.17) is 4.74 Å². The van der Waals surface area contributed by atoms with E-state index in [2.05, 4.69) is 24.3 Å². The number of hydrogen-bond donors (Lipinski definition) is 0. The third kappa shape index (κ3) is 3.78. The topological polar surface area (TPSA) is 29.5 Å². The Morgan fingerprint density at radius 1 is 1.14 bits per heavy atom. The molecule has 1 aromatic rings. The first-order valence-corrected chi connectivity index (χ1v) is 8.04. The lowest BCUT2D eigenvalue weighted by Crippen LogP contribution is -2.36. The van der Waals surface area contributed by atoms with Crippen LogP contribution in [0.2, 0.25) is 0 Å². The van der Waals surface area contributed by atoms with Crippen molar-refractivity contribution in [1.29, 1.82) is 0 Å². The average Bonchev–Trinajstić information content (AvgIpc) is 3.13. The summed E-state index contributed by atoms with van der Waals surface area (Å²) >= 11 is 0. The van der Waals surface area contributed by atoms with Gasteiger partial charge in [0.15, 0.2) is 0 Å². The van der Waals surface area contributed by atoms with E-state index >= 15 is 0 Å². The summed E-state index contributed by atoms with van der Waals surface area (Å²) in [5.41, 5.74) is 2.35. The van der Waals surface area contributed by atoms with Crippen LogP contribution in [-0.2, 0) is 4.74 Å². The molecule has 2 fully saturated rings. The minimum absolute atomic E-state index is 0. The van der Waals surface area contributed by atoms with E-state index in [1.165, 1.54) is 24.0 Å². The lowest BCUT2D eigenvalue weighted by Gasteiger charge is -2.29. The van der Waals surface area contributed by atoms with E-state index in [9.17, 15) is 4.79 Å². The maximum Gasteiger partial charge on any atom is 0.410 e. The van der Waals surface area contributed by atoms with Gasteiger partial charge in [0.2, 0.25) is 0 Å². The molecule has 0 N–H and O–H groups in total. The number of hydrogen-bond acceptors (Lipinski definition) is 2. The molecule has 1 aliphatic heterocycles. The molecule has 0 aromatic heterocycles. The molecule has 3 rings (SSSR count). The minimum atomic E-state index is -0.430. The maximum atomic E-state index is 12.4. The molecule has 4 heteroatoms. The molecular weight excluding hydrogens is 294 g/mol. The highest BCUT2D eigenvalue weighted by Gasteiger charge is 2.36. The van der Waals surface area contributed by atoms with Crippen LogP contribution >= 0.6 is 13.5 Å². The van der Waals surface area contributed by atoms with E-state index in [0.717, 1.165) is 19.4 Å². The van der Waals surface area contributed by atoms with Crippen molar-refractivity contribution in [2.24, 2.45) is 0 Å². The Morgan fingerprint density at radius 2 is 1.77 bits per heavy atom. The number of likely N-dealkylation sites (tertiary alicyclic amines) is 1. The van der Waals surface area contributed by atoms with Gasteiger partial charge in [-0.1, -0.05) is 24.3 Å². The molecular formula is C18H27NO2S. The first kappa shape index (κ1) is 17.2. The van der Waals surface area contributed by atoms with Crippen molar-refractivity contribution in [1.82, 2.24) is 4.90 Å². The number of carbonyl (C=O) groups excluding carboxylic acids is 1. The smallest absolute Gasteiger partial charge is 0.410 e. The fraction of sp³-hybridized carbons (Fsp3) is 0.611. The summed E-state index contributed by atoms with van der Waals surface area (Å²) in [7, 11) is 0. The first-order chi connectivity index (χ1) is 9.96.